The van der Waals surface area contributed by atoms with E-state index in [2.05, 4.69) is 110 Å². The van der Waals surface area contributed by atoms with Crippen molar-refractivity contribution in [3.8, 4) is 0 Å². The molecule has 2 aromatic heterocycles. The van der Waals surface area contributed by atoms with E-state index in [0.717, 1.165) is 107 Å². The van der Waals surface area contributed by atoms with E-state index < -0.39 is 15.9 Å². The number of likely N-dealkylation sites (N-methyl/N-ethyl adjacent to an activating group) is 3. The summed E-state index contributed by atoms with van der Waals surface area (Å²) in [6.45, 7) is 12.3. The van der Waals surface area contributed by atoms with Crippen LogP contribution in [0.25, 0.3) is 5.76 Å². The SMILES string of the molecule is CN1CCN(C2=Nc3cc(Cl)ccc3Nc3ccccc32)CC1.Cc1cc2c(s1)Nc1ccccc1N=C2N1CCN(C)CC1.Cc1cnc(NC(=O)C2=C(O)c3ccccc3S(=O)(=O)N2C)s1. The second kappa shape index (κ2) is 19.7. The fourth-order valence-electron chi connectivity index (χ4n) is 8.33. The van der Waals surface area contributed by atoms with Crippen LogP contribution in [0.1, 0.15) is 26.4 Å². The van der Waals surface area contributed by atoms with Crippen LogP contribution in [-0.4, -0.2) is 133 Å². The number of fused-ring (bicyclic) bond motifs is 5. The lowest BCUT2D eigenvalue weighted by molar-refractivity contribution is -0.113. The summed E-state index contributed by atoms with van der Waals surface area (Å²) in [4.78, 5) is 38.1. The minimum Gasteiger partial charge on any atom is -0.505 e. The summed E-state index contributed by atoms with van der Waals surface area (Å²) >= 11 is 9.24. The molecule has 4 aromatic carbocycles. The van der Waals surface area contributed by atoms with Crippen molar-refractivity contribution in [2.45, 2.75) is 18.7 Å². The van der Waals surface area contributed by atoms with Crippen molar-refractivity contribution in [1.29, 1.82) is 0 Å². The van der Waals surface area contributed by atoms with Gasteiger partial charge in [-0.1, -0.05) is 48.0 Å². The smallest absolute Gasteiger partial charge is 0.278 e. The Morgan fingerprint density at radius 2 is 1.26 bits per heavy atom. The number of anilines is 5. The number of aromatic nitrogens is 1. The molecule has 4 N–H and O–H groups in total. The Morgan fingerprint density at radius 1 is 0.676 bits per heavy atom. The lowest BCUT2D eigenvalue weighted by Gasteiger charge is -2.34. The van der Waals surface area contributed by atoms with E-state index in [-0.39, 0.29) is 21.9 Å². The van der Waals surface area contributed by atoms with Crippen LogP contribution in [0.4, 0.5) is 38.6 Å². The number of hydrogen-bond acceptors (Lipinski definition) is 15. The number of para-hydroxylation sites is 3. The van der Waals surface area contributed by atoms with Crippen molar-refractivity contribution in [1.82, 2.24) is 28.9 Å². The standard InChI is InChI=1S/C18H19ClN4.C17H20N4S.C14H13N3O4S2/c1-22-8-10-23(11-9-22)18-14-4-2-3-5-15(14)20-16-7-6-13(19)12-17(16)21-18;1-12-11-13-16(21-9-7-20(2)8-10-21)18-14-5-3-4-6-15(14)19-17(13)22-12;1-8-7-15-14(22-8)16-13(19)11-12(18)9-5-3-4-6-10(9)23(20,21)17(11)2/h2-7,12,20H,8-11H2,1H3;3-6,11,19H,7-10H2,1-2H3;3-7,18H,1-2H3,(H,15,16,19). The number of amidine groups is 2. The van der Waals surface area contributed by atoms with Crippen molar-refractivity contribution < 1.29 is 18.3 Å². The van der Waals surface area contributed by atoms with Gasteiger partial charge in [0.1, 0.15) is 16.7 Å². The Hall–Kier alpha value is -6.28. The predicted octanol–water partition coefficient (Wildman–Crippen LogP) is 9.11. The number of aliphatic hydroxyl groups excluding tert-OH is 1. The van der Waals surface area contributed by atoms with Crippen LogP contribution in [-0.2, 0) is 14.8 Å². The van der Waals surface area contributed by atoms with E-state index >= 15 is 0 Å². The number of sulfonamides is 1. The van der Waals surface area contributed by atoms with Gasteiger partial charge in [0.05, 0.1) is 33.2 Å². The molecule has 0 atom stereocenters. The van der Waals surface area contributed by atoms with Gasteiger partial charge in [0.2, 0.25) is 0 Å². The quantitative estimate of drug-likeness (QED) is 0.131. The zero-order valence-corrected chi connectivity index (χ0v) is 41.5. The Kier molecular flexibility index (Phi) is 13.6. The Morgan fingerprint density at radius 3 is 1.94 bits per heavy atom. The highest BCUT2D eigenvalue weighted by Crippen LogP contribution is 2.40. The number of amides is 1. The van der Waals surface area contributed by atoms with E-state index in [4.69, 9.17) is 21.6 Å². The number of aryl methyl sites for hydroxylation is 2. The minimum absolute atomic E-state index is 0.0401. The molecule has 0 bridgehead atoms. The van der Waals surface area contributed by atoms with Gasteiger partial charge in [-0.15, -0.1) is 22.7 Å². The number of benzene rings is 4. The Balaban J connectivity index is 0.000000127. The number of thiophene rings is 1. The first-order valence-electron chi connectivity index (χ1n) is 22.2. The lowest BCUT2D eigenvalue weighted by atomic mass is 10.1. The second-order valence-electron chi connectivity index (χ2n) is 16.9. The number of nitrogens with one attached hydrogen (secondary N) is 3. The molecule has 6 aromatic rings. The van der Waals surface area contributed by atoms with Gasteiger partial charge in [-0.05, 0) is 88.6 Å². The third-order valence-electron chi connectivity index (χ3n) is 12.1. The van der Waals surface area contributed by atoms with Crippen LogP contribution in [0.2, 0.25) is 5.02 Å². The molecule has 11 rings (SSSR count). The maximum Gasteiger partial charge on any atom is 0.278 e. The largest absolute Gasteiger partial charge is 0.505 e. The summed E-state index contributed by atoms with van der Waals surface area (Å²) in [6.07, 6.45) is 1.59. The average Bonchev–Trinajstić information content (AvgIpc) is 3.82. The average molecular weight is 991 g/mol. The molecule has 5 aliphatic rings. The van der Waals surface area contributed by atoms with Crippen molar-refractivity contribution in [3.05, 3.63) is 140 Å². The molecule has 0 saturated carbocycles. The first-order valence-corrected chi connectivity index (χ1v) is 25.6. The van der Waals surface area contributed by atoms with E-state index in [1.165, 1.54) is 46.0 Å². The second-order valence-corrected chi connectivity index (χ2v) is 21.8. The number of rotatable bonds is 2. The zero-order chi connectivity index (χ0) is 47.7. The third kappa shape index (κ3) is 9.83. The maximum absolute atomic E-state index is 12.5. The molecule has 1 amide bonds. The number of aliphatic imine (C=N–C) groups is 2. The van der Waals surface area contributed by atoms with Crippen LogP contribution in [0.15, 0.2) is 124 Å². The predicted molar refractivity (Wildman–Crippen MR) is 277 cm³/mol. The fraction of sp³-hybridized carbons (Fsp3) is 0.265. The molecule has 0 radical (unpaired) electrons. The molecular weight excluding hydrogens is 938 g/mol. The molecule has 7 heterocycles. The first-order chi connectivity index (χ1) is 32.7. The third-order valence-corrected chi connectivity index (χ3v) is 15.9. The molecule has 2 fully saturated rings. The molecule has 0 spiro atoms. The number of thiazole rings is 1. The summed E-state index contributed by atoms with van der Waals surface area (Å²) in [5, 5.41) is 22.2. The summed E-state index contributed by atoms with van der Waals surface area (Å²) in [5.41, 5.74) is 7.24. The highest BCUT2D eigenvalue weighted by Gasteiger charge is 2.38. The van der Waals surface area contributed by atoms with Crippen molar-refractivity contribution in [2.24, 2.45) is 9.98 Å². The highest BCUT2D eigenvalue weighted by molar-refractivity contribution is 7.89. The normalized spacial score (nSPS) is 17.3. The van der Waals surface area contributed by atoms with Crippen molar-refractivity contribution in [2.75, 3.05) is 89.5 Å². The van der Waals surface area contributed by atoms with Crippen LogP contribution in [0.3, 0.4) is 0 Å². The number of nitrogens with zero attached hydrogens (tertiary/aromatic N) is 8. The number of hydrogen-bond donors (Lipinski definition) is 4. The van der Waals surface area contributed by atoms with Gasteiger partial charge in [-0.3, -0.25) is 14.4 Å². The number of carbonyl (C=O) groups excluding carboxylic acids is 1. The summed E-state index contributed by atoms with van der Waals surface area (Å²) in [5.74, 6) is 1.02. The molecule has 0 aliphatic carbocycles. The molecule has 5 aliphatic heterocycles. The topological polar surface area (TPSA) is 161 Å². The molecule has 15 nitrogen and oxygen atoms in total. The van der Waals surface area contributed by atoms with Crippen LogP contribution in [0.5, 0.6) is 0 Å². The fourth-order valence-corrected chi connectivity index (χ4v) is 11.5. The van der Waals surface area contributed by atoms with E-state index in [1.54, 1.807) is 29.7 Å². The monoisotopic (exact) mass is 989 g/mol. The Bertz CT molecular complexity index is 3080. The van der Waals surface area contributed by atoms with Crippen molar-refractivity contribution >= 4 is 106 Å². The van der Waals surface area contributed by atoms with Crippen LogP contribution >= 0.6 is 34.3 Å². The van der Waals surface area contributed by atoms with Gasteiger partial charge < -0.3 is 35.3 Å². The van der Waals surface area contributed by atoms with Gasteiger partial charge >= 0.3 is 0 Å². The number of halogens is 1. The summed E-state index contributed by atoms with van der Waals surface area (Å²) in [7, 11) is 1.68. The Labute approximate surface area is 409 Å². The number of piperazine rings is 2. The first kappa shape index (κ1) is 46.8. The van der Waals surface area contributed by atoms with Gasteiger partial charge in [-0.2, -0.15) is 0 Å². The number of carbonyl (C=O) groups is 1. The van der Waals surface area contributed by atoms with E-state index in [9.17, 15) is 18.3 Å². The lowest BCUT2D eigenvalue weighted by Crippen LogP contribution is -2.47. The van der Waals surface area contributed by atoms with Gasteiger partial charge in [0, 0.05) is 97.2 Å². The van der Waals surface area contributed by atoms with Crippen LogP contribution in [0, 0.1) is 13.8 Å². The molecule has 68 heavy (non-hydrogen) atoms. The molecule has 0 unspecified atom stereocenters. The van der Waals surface area contributed by atoms with Crippen molar-refractivity contribution in [3.63, 3.8) is 0 Å². The molecular formula is C49H52ClN11O4S3. The molecule has 2 saturated heterocycles. The molecule has 352 valence electrons. The summed E-state index contributed by atoms with van der Waals surface area (Å²) in [6, 6.07) is 30.7. The summed E-state index contributed by atoms with van der Waals surface area (Å²) < 4.78 is 25.8. The van der Waals surface area contributed by atoms with E-state index in [0.29, 0.717) is 10.2 Å². The van der Waals surface area contributed by atoms with Gasteiger partial charge in [0.25, 0.3) is 15.9 Å². The highest BCUT2D eigenvalue weighted by atomic mass is 35.5. The molecule has 19 heteroatoms. The van der Waals surface area contributed by atoms with Gasteiger partial charge in [0.15, 0.2) is 16.6 Å². The van der Waals surface area contributed by atoms with Gasteiger partial charge in [-0.25, -0.2) is 23.4 Å². The minimum atomic E-state index is -3.90. The van der Waals surface area contributed by atoms with E-state index in [1.807, 2.05) is 31.2 Å². The number of aliphatic hydroxyl groups is 1. The zero-order valence-electron chi connectivity index (χ0n) is 38.3. The maximum atomic E-state index is 12.5. The van der Waals surface area contributed by atoms with Crippen LogP contribution < -0.4 is 16.0 Å².